The summed E-state index contributed by atoms with van der Waals surface area (Å²) in [4.78, 5) is 0. The third kappa shape index (κ3) is 3.00. The first-order valence-corrected chi connectivity index (χ1v) is 20.3. The summed E-state index contributed by atoms with van der Waals surface area (Å²) in [5.41, 5.74) is 0. The summed E-state index contributed by atoms with van der Waals surface area (Å²) < 4.78 is 0.898. The number of hydrogen-bond acceptors (Lipinski definition) is 0. The minimum atomic E-state index is -1.07. The van der Waals surface area contributed by atoms with Crippen LogP contribution in [0.15, 0.2) is 0 Å². The van der Waals surface area contributed by atoms with Crippen molar-refractivity contribution in [3.05, 3.63) is 0 Å². The molecule has 0 saturated carbocycles. The minimum Gasteiger partial charge on any atom is -0.105 e. The summed E-state index contributed by atoms with van der Waals surface area (Å²) in [6, 6.07) is 0. The zero-order chi connectivity index (χ0) is 15.3. The lowest BCUT2D eigenvalue weighted by Crippen LogP contribution is -2.61. The molecule has 1 heterocycles. The summed E-state index contributed by atoms with van der Waals surface area (Å²) in [6.45, 7) is 26.5. The van der Waals surface area contributed by atoms with Gasteiger partial charge >= 0.3 is 0 Å². The summed E-state index contributed by atoms with van der Waals surface area (Å²) in [7, 11) is -2.78. The topological polar surface area (TPSA) is 0 Å². The minimum absolute atomic E-state index is 0.354. The Labute approximate surface area is 126 Å². The molecule has 2 atom stereocenters. The van der Waals surface area contributed by atoms with Gasteiger partial charge in [-0.25, -0.2) is 0 Å². The van der Waals surface area contributed by atoms with Gasteiger partial charge in [0.15, 0.2) is 0 Å². The van der Waals surface area contributed by atoms with Gasteiger partial charge in [0.1, 0.15) is 0 Å². The second kappa shape index (κ2) is 5.37. The summed E-state index contributed by atoms with van der Waals surface area (Å²) >= 11 is 0. The van der Waals surface area contributed by atoms with E-state index in [0.29, 0.717) is 7.92 Å². The Balaban J connectivity index is 3.22. The van der Waals surface area contributed by atoms with Gasteiger partial charge in [0, 0.05) is 0 Å². The molecule has 114 valence electrons. The first-order chi connectivity index (χ1) is 8.31. The van der Waals surface area contributed by atoms with E-state index >= 15 is 0 Å². The first-order valence-electron chi connectivity index (χ1n) is 8.08. The lowest BCUT2D eigenvalue weighted by atomic mass is 10.4. The zero-order valence-corrected chi connectivity index (χ0v) is 19.0. The highest BCUT2D eigenvalue weighted by Gasteiger charge is 2.76. The molecule has 0 aromatic rings. The molecule has 0 aromatic carbocycles. The molecule has 0 N–H and O–H groups in total. The quantitative estimate of drug-likeness (QED) is 0.412. The first kappa shape index (κ1) is 18.1. The Morgan fingerprint density at radius 1 is 0.842 bits per heavy atom. The zero-order valence-electron chi connectivity index (χ0n) is 15.1. The molecule has 1 unspecified atom stereocenters. The molecular formula is C15H37PSi3. The molecule has 0 bridgehead atoms. The van der Waals surface area contributed by atoms with Crippen molar-refractivity contribution in [3.63, 3.8) is 0 Å². The average Bonchev–Trinajstić information content (AvgIpc) is 2.82. The smallest absolute Gasteiger partial charge is 0.0530 e. The molecule has 19 heavy (non-hydrogen) atoms. The lowest BCUT2D eigenvalue weighted by Gasteiger charge is -2.42. The maximum Gasteiger partial charge on any atom is 0.0530 e. The van der Waals surface area contributed by atoms with Crippen LogP contribution in [0.5, 0.6) is 0 Å². The second-order valence-corrected chi connectivity index (χ2v) is 29.9. The van der Waals surface area contributed by atoms with Crippen LogP contribution in [-0.4, -0.2) is 40.1 Å². The SMILES string of the molecule is CCCC[P@]1C([Si](C)(C)C)C1([Si](C)(C)C)[Si](C)(C)C. The Hall–Kier alpha value is 1.08. The standard InChI is InChI=1S/C15H37PSi3/c1-11-12-13-16-14(17(2,3)4)15(16,18(5,6)7)19(8,9)10/h14H,11-13H2,1-10H3/t14?,16-/m1/s1. The van der Waals surface area contributed by atoms with Crippen LogP contribution in [0.2, 0.25) is 58.9 Å². The van der Waals surface area contributed by atoms with Crippen LogP contribution in [0.3, 0.4) is 0 Å². The summed E-state index contributed by atoms with van der Waals surface area (Å²) in [5, 5.41) is 1.19. The van der Waals surface area contributed by atoms with Crippen LogP contribution in [0.4, 0.5) is 0 Å². The van der Waals surface area contributed by atoms with Crippen LogP contribution in [0.1, 0.15) is 19.8 Å². The van der Waals surface area contributed by atoms with Gasteiger partial charge in [-0.05, 0) is 22.3 Å². The van der Waals surface area contributed by atoms with Crippen molar-refractivity contribution in [3.8, 4) is 0 Å². The van der Waals surface area contributed by atoms with Crippen molar-refractivity contribution in [2.24, 2.45) is 0 Å². The van der Waals surface area contributed by atoms with E-state index in [0.717, 1.165) is 4.40 Å². The third-order valence-electron chi connectivity index (χ3n) is 4.95. The van der Waals surface area contributed by atoms with Crippen LogP contribution in [0.25, 0.3) is 0 Å². The summed E-state index contributed by atoms with van der Waals surface area (Å²) in [6.07, 6.45) is 4.48. The number of rotatable bonds is 6. The molecule has 1 aliphatic rings. The van der Waals surface area contributed by atoms with Crippen molar-refractivity contribution < 1.29 is 0 Å². The van der Waals surface area contributed by atoms with Crippen LogP contribution >= 0.6 is 7.92 Å². The Morgan fingerprint density at radius 3 is 1.47 bits per heavy atom. The number of unbranched alkanes of at least 4 members (excludes halogenated alkanes) is 1. The Bertz CT molecular complexity index is 306. The molecule has 1 fully saturated rings. The molecule has 0 aliphatic carbocycles. The number of hydrogen-bond donors (Lipinski definition) is 0. The molecule has 1 aliphatic heterocycles. The molecule has 0 spiro atoms. The fourth-order valence-electron chi connectivity index (χ4n) is 4.88. The predicted molar refractivity (Wildman–Crippen MR) is 103 cm³/mol. The van der Waals surface area contributed by atoms with E-state index in [9.17, 15) is 0 Å². The Kier molecular flexibility index (Phi) is 5.12. The van der Waals surface area contributed by atoms with Gasteiger partial charge in [-0.15, -0.1) is 7.92 Å². The maximum atomic E-state index is 2.69. The van der Waals surface area contributed by atoms with Crippen LogP contribution < -0.4 is 0 Å². The van der Waals surface area contributed by atoms with Gasteiger partial charge < -0.3 is 0 Å². The van der Waals surface area contributed by atoms with Crippen molar-refractivity contribution >= 4 is 32.1 Å². The molecular weight excluding hydrogens is 295 g/mol. The van der Waals surface area contributed by atoms with Gasteiger partial charge in [0.25, 0.3) is 0 Å². The fourth-order valence-corrected chi connectivity index (χ4v) is 42.3. The highest BCUT2D eigenvalue weighted by Crippen LogP contribution is 2.83. The Morgan fingerprint density at radius 2 is 1.26 bits per heavy atom. The fraction of sp³-hybridized carbons (Fsp3) is 1.00. The lowest BCUT2D eigenvalue weighted by molar-refractivity contribution is 0.893. The predicted octanol–water partition coefficient (Wildman–Crippen LogP) is 6.02. The summed E-state index contributed by atoms with van der Waals surface area (Å²) in [5.74, 6) is 0. The van der Waals surface area contributed by atoms with E-state index in [4.69, 9.17) is 0 Å². The third-order valence-corrected chi connectivity index (χ3v) is 29.7. The van der Waals surface area contributed by atoms with Crippen LogP contribution in [0, 0.1) is 0 Å². The van der Waals surface area contributed by atoms with Gasteiger partial charge in [-0.3, -0.25) is 0 Å². The molecule has 4 heteroatoms. The normalized spacial score (nSPS) is 27.5. The van der Waals surface area contributed by atoms with Gasteiger partial charge in [0.2, 0.25) is 0 Å². The molecule has 1 saturated heterocycles. The van der Waals surface area contributed by atoms with Crippen molar-refractivity contribution in [2.75, 3.05) is 6.16 Å². The highest BCUT2D eigenvalue weighted by molar-refractivity contribution is 7.80. The average molecular weight is 333 g/mol. The van der Waals surface area contributed by atoms with E-state index in [1.807, 2.05) is 0 Å². The molecule has 0 nitrogen and oxygen atoms in total. The van der Waals surface area contributed by atoms with Crippen LogP contribution in [-0.2, 0) is 0 Å². The van der Waals surface area contributed by atoms with Crippen molar-refractivity contribution in [2.45, 2.75) is 88.4 Å². The molecule has 0 aromatic heterocycles. The molecule has 0 amide bonds. The van der Waals surface area contributed by atoms with E-state index in [1.165, 1.54) is 18.1 Å². The van der Waals surface area contributed by atoms with Crippen molar-refractivity contribution in [1.82, 2.24) is 0 Å². The van der Waals surface area contributed by atoms with Gasteiger partial charge in [-0.2, -0.15) is 0 Å². The highest BCUT2D eigenvalue weighted by atomic mass is 31.1. The maximum absolute atomic E-state index is 2.69. The van der Waals surface area contributed by atoms with Gasteiger partial charge in [-0.1, -0.05) is 72.3 Å². The van der Waals surface area contributed by atoms with Crippen molar-refractivity contribution in [1.29, 1.82) is 0 Å². The molecule has 1 rings (SSSR count). The largest absolute Gasteiger partial charge is 0.105 e. The van der Waals surface area contributed by atoms with E-state index in [2.05, 4.69) is 65.8 Å². The molecule has 0 radical (unpaired) electrons. The van der Waals surface area contributed by atoms with E-state index < -0.39 is 24.2 Å². The van der Waals surface area contributed by atoms with Gasteiger partial charge in [0.05, 0.1) is 24.2 Å². The second-order valence-electron chi connectivity index (χ2n) is 9.58. The van der Waals surface area contributed by atoms with E-state index in [1.54, 1.807) is 6.16 Å². The monoisotopic (exact) mass is 332 g/mol. The van der Waals surface area contributed by atoms with E-state index in [-0.39, 0.29) is 0 Å².